The fourth-order valence-electron chi connectivity index (χ4n) is 2.52. The van der Waals surface area contributed by atoms with Crippen LogP contribution in [-0.4, -0.2) is 20.2 Å². The predicted octanol–water partition coefficient (Wildman–Crippen LogP) is 2.77. The van der Waals surface area contributed by atoms with E-state index in [9.17, 15) is 0 Å². The molecule has 0 spiro atoms. The molecule has 3 rings (SSSR count). The number of tetrazole rings is 1. The molecule has 2 aromatic rings. The third-order valence-corrected chi connectivity index (χ3v) is 4.18. The highest BCUT2D eigenvalue weighted by molar-refractivity contribution is 6.33. The van der Waals surface area contributed by atoms with Crippen LogP contribution in [0.25, 0.3) is 11.4 Å². The minimum Gasteiger partial charge on any atom is -0.399 e. The van der Waals surface area contributed by atoms with Gasteiger partial charge in [0.15, 0.2) is 5.82 Å². The first-order valence-corrected chi connectivity index (χ1v) is 6.77. The van der Waals surface area contributed by atoms with Crippen LogP contribution in [0.15, 0.2) is 18.2 Å². The fraction of sp³-hybridized carbons (Fsp3) is 0.462. The number of aromatic nitrogens is 4. The third kappa shape index (κ3) is 2.30. The molecule has 6 heteroatoms. The second-order valence-electron chi connectivity index (χ2n) is 5.56. The maximum absolute atomic E-state index is 6.21. The zero-order valence-corrected chi connectivity index (χ0v) is 11.6. The molecular formula is C13H16ClN5. The molecule has 0 amide bonds. The molecule has 19 heavy (non-hydrogen) atoms. The average molecular weight is 278 g/mol. The maximum atomic E-state index is 6.21. The fourth-order valence-corrected chi connectivity index (χ4v) is 2.72. The molecule has 0 unspecified atom stereocenters. The van der Waals surface area contributed by atoms with Gasteiger partial charge in [0, 0.05) is 11.3 Å². The molecule has 1 heterocycles. The molecule has 0 radical (unpaired) electrons. The number of anilines is 1. The highest BCUT2D eigenvalue weighted by atomic mass is 35.5. The van der Waals surface area contributed by atoms with E-state index in [1.165, 1.54) is 19.3 Å². The van der Waals surface area contributed by atoms with Crippen LogP contribution in [0.1, 0.15) is 26.2 Å². The van der Waals surface area contributed by atoms with E-state index in [0.717, 1.165) is 12.1 Å². The molecule has 1 fully saturated rings. The van der Waals surface area contributed by atoms with Gasteiger partial charge in [0.2, 0.25) is 0 Å². The Bertz CT molecular complexity index is 603. The standard InChI is InChI=1S/C13H16ClN5/c1-13(5-2-6-13)8-19-12(16-17-18-19)10-7-9(15)3-4-11(10)14/h3-4,7H,2,5-6,8,15H2,1H3. The van der Waals surface area contributed by atoms with E-state index in [1.54, 1.807) is 12.1 Å². The second-order valence-corrected chi connectivity index (χ2v) is 5.97. The predicted molar refractivity (Wildman–Crippen MR) is 74.6 cm³/mol. The first-order chi connectivity index (χ1) is 9.07. The minimum absolute atomic E-state index is 0.303. The molecule has 0 atom stereocenters. The largest absolute Gasteiger partial charge is 0.399 e. The van der Waals surface area contributed by atoms with E-state index in [0.29, 0.717) is 21.9 Å². The summed E-state index contributed by atoms with van der Waals surface area (Å²) in [4.78, 5) is 0. The molecule has 0 bridgehead atoms. The van der Waals surface area contributed by atoms with Crippen molar-refractivity contribution in [2.45, 2.75) is 32.7 Å². The maximum Gasteiger partial charge on any atom is 0.183 e. The number of rotatable bonds is 3. The van der Waals surface area contributed by atoms with Gasteiger partial charge in [-0.1, -0.05) is 24.9 Å². The lowest BCUT2D eigenvalue weighted by Gasteiger charge is -2.38. The van der Waals surface area contributed by atoms with E-state index in [2.05, 4.69) is 22.4 Å². The molecule has 0 saturated heterocycles. The Kier molecular flexibility index (Phi) is 2.93. The molecule has 1 aromatic heterocycles. The first-order valence-electron chi connectivity index (χ1n) is 6.39. The number of hydrogen-bond donors (Lipinski definition) is 1. The Morgan fingerprint density at radius 2 is 2.21 bits per heavy atom. The summed E-state index contributed by atoms with van der Waals surface area (Å²) in [6.45, 7) is 3.09. The number of nitrogen functional groups attached to an aromatic ring is 1. The van der Waals surface area contributed by atoms with Gasteiger partial charge in [0.25, 0.3) is 0 Å². The van der Waals surface area contributed by atoms with Crippen molar-refractivity contribution >= 4 is 17.3 Å². The summed E-state index contributed by atoms with van der Waals surface area (Å²) in [6, 6.07) is 5.36. The lowest BCUT2D eigenvalue weighted by Crippen LogP contribution is -2.31. The topological polar surface area (TPSA) is 69.6 Å². The zero-order valence-electron chi connectivity index (χ0n) is 10.8. The van der Waals surface area contributed by atoms with E-state index in [4.69, 9.17) is 17.3 Å². The van der Waals surface area contributed by atoms with Crippen LogP contribution in [-0.2, 0) is 6.54 Å². The van der Waals surface area contributed by atoms with Crippen molar-refractivity contribution in [3.05, 3.63) is 23.2 Å². The van der Waals surface area contributed by atoms with Crippen molar-refractivity contribution in [3.8, 4) is 11.4 Å². The summed E-state index contributed by atoms with van der Waals surface area (Å²) < 4.78 is 1.83. The summed E-state index contributed by atoms with van der Waals surface area (Å²) in [7, 11) is 0. The smallest absolute Gasteiger partial charge is 0.183 e. The number of hydrogen-bond acceptors (Lipinski definition) is 4. The summed E-state index contributed by atoms with van der Waals surface area (Å²) in [5.41, 5.74) is 7.56. The monoisotopic (exact) mass is 277 g/mol. The van der Waals surface area contributed by atoms with Gasteiger partial charge in [0.1, 0.15) is 0 Å². The van der Waals surface area contributed by atoms with Crippen molar-refractivity contribution in [1.82, 2.24) is 20.2 Å². The number of nitrogens with two attached hydrogens (primary N) is 1. The van der Waals surface area contributed by atoms with Crippen molar-refractivity contribution in [1.29, 1.82) is 0 Å². The van der Waals surface area contributed by atoms with Gasteiger partial charge >= 0.3 is 0 Å². The van der Waals surface area contributed by atoms with Gasteiger partial charge in [-0.05, 0) is 46.9 Å². The van der Waals surface area contributed by atoms with Gasteiger partial charge in [-0.2, -0.15) is 0 Å². The molecule has 5 nitrogen and oxygen atoms in total. The zero-order chi connectivity index (χ0) is 13.5. The molecule has 1 aromatic carbocycles. The minimum atomic E-state index is 0.303. The Hall–Kier alpha value is -1.62. The lowest BCUT2D eigenvalue weighted by atomic mass is 9.70. The molecule has 1 aliphatic rings. The van der Waals surface area contributed by atoms with Crippen LogP contribution in [0.3, 0.4) is 0 Å². The van der Waals surface area contributed by atoms with E-state index in [-0.39, 0.29) is 0 Å². The van der Waals surface area contributed by atoms with Gasteiger partial charge in [-0.15, -0.1) is 5.10 Å². The summed E-state index contributed by atoms with van der Waals surface area (Å²) in [5.74, 6) is 0.686. The SMILES string of the molecule is CC1(Cn2nnnc2-c2cc(N)ccc2Cl)CCC1. The second kappa shape index (κ2) is 4.49. The van der Waals surface area contributed by atoms with Crippen LogP contribution >= 0.6 is 11.6 Å². The molecule has 0 aliphatic heterocycles. The van der Waals surface area contributed by atoms with Gasteiger partial charge in [0.05, 0.1) is 11.6 Å². The number of halogens is 1. The number of benzene rings is 1. The average Bonchev–Trinajstić information content (AvgIpc) is 2.78. The quantitative estimate of drug-likeness (QED) is 0.876. The normalized spacial score (nSPS) is 17.2. The Morgan fingerprint density at radius 3 is 2.89 bits per heavy atom. The van der Waals surface area contributed by atoms with E-state index < -0.39 is 0 Å². The van der Waals surface area contributed by atoms with Crippen molar-refractivity contribution < 1.29 is 0 Å². The van der Waals surface area contributed by atoms with E-state index in [1.807, 2.05) is 10.7 Å². The van der Waals surface area contributed by atoms with Crippen LogP contribution < -0.4 is 5.73 Å². The van der Waals surface area contributed by atoms with Gasteiger partial charge < -0.3 is 5.73 Å². The van der Waals surface area contributed by atoms with Crippen LogP contribution in [0.5, 0.6) is 0 Å². The van der Waals surface area contributed by atoms with Crippen molar-refractivity contribution in [2.24, 2.45) is 5.41 Å². The van der Waals surface area contributed by atoms with Gasteiger partial charge in [-0.25, -0.2) is 4.68 Å². The summed E-state index contributed by atoms with van der Waals surface area (Å²) in [6.07, 6.45) is 3.72. The summed E-state index contributed by atoms with van der Waals surface area (Å²) in [5, 5.41) is 12.6. The highest BCUT2D eigenvalue weighted by Crippen LogP contribution is 2.42. The third-order valence-electron chi connectivity index (χ3n) is 3.86. The molecular weight excluding hydrogens is 262 g/mol. The Labute approximate surface area is 116 Å². The Morgan fingerprint density at radius 1 is 1.42 bits per heavy atom. The summed E-state index contributed by atoms with van der Waals surface area (Å²) >= 11 is 6.21. The molecule has 2 N–H and O–H groups in total. The number of nitrogens with zero attached hydrogens (tertiary/aromatic N) is 4. The van der Waals surface area contributed by atoms with Crippen molar-refractivity contribution in [2.75, 3.05) is 5.73 Å². The Balaban J connectivity index is 1.97. The lowest BCUT2D eigenvalue weighted by molar-refractivity contribution is 0.126. The van der Waals surface area contributed by atoms with Crippen LogP contribution in [0.2, 0.25) is 5.02 Å². The highest BCUT2D eigenvalue weighted by Gasteiger charge is 2.33. The van der Waals surface area contributed by atoms with Crippen LogP contribution in [0, 0.1) is 5.41 Å². The molecule has 1 aliphatic carbocycles. The van der Waals surface area contributed by atoms with E-state index >= 15 is 0 Å². The van der Waals surface area contributed by atoms with Gasteiger partial charge in [-0.3, -0.25) is 0 Å². The molecule has 1 saturated carbocycles. The first kappa shape index (κ1) is 12.4. The molecule has 100 valence electrons. The van der Waals surface area contributed by atoms with Crippen LogP contribution in [0.4, 0.5) is 5.69 Å². The van der Waals surface area contributed by atoms with Crippen molar-refractivity contribution in [3.63, 3.8) is 0 Å².